The SMILES string of the molecule is Cc1cc(C(=O)N[C@H]2CCc3cccnc3C2)nnc1N1CCC(Oc2cccc(C#N)c2)CC1. The van der Waals surface area contributed by atoms with Crippen LogP contribution in [0, 0.1) is 18.3 Å². The molecule has 1 aliphatic heterocycles. The molecule has 0 unspecified atom stereocenters. The number of aromatic nitrogens is 3. The summed E-state index contributed by atoms with van der Waals surface area (Å²) in [5, 5.41) is 20.8. The van der Waals surface area contributed by atoms with Crippen molar-refractivity contribution in [2.24, 2.45) is 0 Å². The second-order valence-electron chi connectivity index (χ2n) is 9.20. The van der Waals surface area contributed by atoms with E-state index in [1.54, 1.807) is 18.3 Å². The normalized spacial score (nSPS) is 17.8. The Morgan fingerprint density at radius 3 is 2.80 bits per heavy atom. The molecule has 8 nitrogen and oxygen atoms in total. The minimum absolute atomic E-state index is 0.0552. The highest BCUT2D eigenvalue weighted by Crippen LogP contribution is 2.25. The molecule has 1 atom stereocenters. The van der Waals surface area contributed by atoms with E-state index in [4.69, 9.17) is 10.00 Å². The van der Waals surface area contributed by atoms with Crippen molar-refractivity contribution in [1.29, 1.82) is 5.26 Å². The van der Waals surface area contributed by atoms with Crippen LogP contribution in [0.2, 0.25) is 0 Å². The third-order valence-corrected chi connectivity index (χ3v) is 6.72. The smallest absolute Gasteiger partial charge is 0.272 e. The van der Waals surface area contributed by atoms with Crippen LogP contribution in [0.3, 0.4) is 0 Å². The van der Waals surface area contributed by atoms with Crippen molar-refractivity contribution in [2.75, 3.05) is 18.0 Å². The number of piperidine rings is 1. The quantitative estimate of drug-likeness (QED) is 0.612. The number of nitrogens with zero attached hydrogens (tertiary/aromatic N) is 5. The summed E-state index contributed by atoms with van der Waals surface area (Å²) < 4.78 is 6.09. The molecular formula is C27H28N6O2. The van der Waals surface area contributed by atoms with Gasteiger partial charge in [-0.3, -0.25) is 9.78 Å². The molecule has 1 fully saturated rings. The number of nitriles is 1. The summed E-state index contributed by atoms with van der Waals surface area (Å²) in [5.74, 6) is 1.34. The number of pyridine rings is 1. The van der Waals surface area contributed by atoms with Crippen LogP contribution in [-0.2, 0) is 12.8 Å². The maximum atomic E-state index is 12.8. The third kappa shape index (κ3) is 5.24. The molecule has 1 aliphatic carbocycles. The van der Waals surface area contributed by atoms with Crippen molar-refractivity contribution < 1.29 is 9.53 Å². The molecular weight excluding hydrogens is 440 g/mol. The van der Waals surface area contributed by atoms with E-state index in [0.717, 1.165) is 68.0 Å². The van der Waals surface area contributed by atoms with Crippen LogP contribution in [0.25, 0.3) is 0 Å². The number of anilines is 1. The number of carbonyl (C=O) groups is 1. The molecule has 35 heavy (non-hydrogen) atoms. The van der Waals surface area contributed by atoms with Crippen LogP contribution in [0.15, 0.2) is 48.7 Å². The van der Waals surface area contributed by atoms with Gasteiger partial charge in [0.15, 0.2) is 11.5 Å². The van der Waals surface area contributed by atoms with Crippen LogP contribution in [-0.4, -0.2) is 46.3 Å². The van der Waals surface area contributed by atoms with Crippen LogP contribution in [0.4, 0.5) is 5.82 Å². The van der Waals surface area contributed by atoms with E-state index in [0.29, 0.717) is 11.3 Å². The number of carbonyl (C=O) groups excluding carboxylic acids is 1. The van der Waals surface area contributed by atoms with Gasteiger partial charge in [0.2, 0.25) is 0 Å². The van der Waals surface area contributed by atoms with Crippen molar-refractivity contribution >= 4 is 11.7 Å². The van der Waals surface area contributed by atoms with E-state index < -0.39 is 0 Å². The Kier molecular flexibility index (Phi) is 6.57. The third-order valence-electron chi connectivity index (χ3n) is 6.72. The average molecular weight is 469 g/mol. The zero-order valence-corrected chi connectivity index (χ0v) is 19.8. The molecule has 0 radical (unpaired) electrons. The summed E-state index contributed by atoms with van der Waals surface area (Å²) in [6.45, 7) is 3.55. The Balaban J connectivity index is 1.17. The predicted octanol–water partition coefficient (Wildman–Crippen LogP) is 3.39. The van der Waals surface area contributed by atoms with E-state index in [1.165, 1.54) is 5.56 Å². The molecule has 1 saturated heterocycles. The lowest BCUT2D eigenvalue weighted by Crippen LogP contribution is -2.40. The predicted molar refractivity (Wildman–Crippen MR) is 131 cm³/mol. The lowest BCUT2D eigenvalue weighted by atomic mass is 9.92. The zero-order valence-electron chi connectivity index (χ0n) is 19.8. The van der Waals surface area contributed by atoms with Crippen LogP contribution in [0.1, 0.15) is 52.1 Å². The molecule has 2 aliphatic rings. The highest BCUT2D eigenvalue weighted by atomic mass is 16.5. The number of aryl methyl sites for hydroxylation is 2. The summed E-state index contributed by atoms with van der Waals surface area (Å²) in [6.07, 6.45) is 6.14. The number of benzene rings is 1. The highest BCUT2D eigenvalue weighted by Gasteiger charge is 2.25. The van der Waals surface area contributed by atoms with E-state index in [1.807, 2.05) is 31.2 Å². The Labute approximate surface area is 205 Å². The fraction of sp³-hybridized carbons (Fsp3) is 0.370. The molecule has 3 aromatic rings. The van der Waals surface area contributed by atoms with Gasteiger partial charge < -0.3 is 15.0 Å². The van der Waals surface area contributed by atoms with Gasteiger partial charge in [-0.25, -0.2) is 0 Å². The number of fused-ring (bicyclic) bond motifs is 1. The molecule has 8 heteroatoms. The summed E-state index contributed by atoms with van der Waals surface area (Å²) in [6, 6.07) is 15.4. The average Bonchev–Trinajstić information content (AvgIpc) is 2.89. The van der Waals surface area contributed by atoms with Crippen LogP contribution in [0.5, 0.6) is 5.75 Å². The second-order valence-corrected chi connectivity index (χ2v) is 9.20. The van der Waals surface area contributed by atoms with Crippen LogP contribution >= 0.6 is 0 Å². The largest absolute Gasteiger partial charge is 0.490 e. The van der Waals surface area contributed by atoms with Gasteiger partial charge in [0.25, 0.3) is 5.91 Å². The van der Waals surface area contributed by atoms with Crippen molar-refractivity contribution in [3.05, 3.63) is 76.7 Å². The number of rotatable bonds is 5. The second kappa shape index (κ2) is 10.1. The first-order valence-electron chi connectivity index (χ1n) is 12.1. The van der Waals surface area contributed by atoms with Gasteiger partial charge in [-0.2, -0.15) is 5.26 Å². The molecule has 0 saturated carbocycles. The van der Waals surface area contributed by atoms with Crippen molar-refractivity contribution in [1.82, 2.24) is 20.5 Å². The van der Waals surface area contributed by atoms with Crippen molar-refractivity contribution in [3.8, 4) is 11.8 Å². The molecule has 1 aromatic carbocycles. The van der Waals surface area contributed by atoms with E-state index in [9.17, 15) is 4.79 Å². The maximum Gasteiger partial charge on any atom is 0.272 e. The summed E-state index contributed by atoms with van der Waals surface area (Å²) >= 11 is 0. The first kappa shape index (κ1) is 22.8. The molecule has 1 N–H and O–H groups in total. The maximum absolute atomic E-state index is 12.8. The van der Waals surface area contributed by atoms with Gasteiger partial charge in [0, 0.05) is 50.3 Å². The Morgan fingerprint density at radius 1 is 1.14 bits per heavy atom. The van der Waals surface area contributed by atoms with Gasteiger partial charge in [-0.15, -0.1) is 10.2 Å². The summed E-state index contributed by atoms with van der Waals surface area (Å²) in [4.78, 5) is 19.5. The number of amides is 1. The number of ether oxygens (including phenoxy) is 1. The lowest BCUT2D eigenvalue weighted by Gasteiger charge is -2.33. The van der Waals surface area contributed by atoms with Crippen molar-refractivity contribution in [2.45, 2.75) is 51.2 Å². The fourth-order valence-corrected chi connectivity index (χ4v) is 4.85. The first-order valence-corrected chi connectivity index (χ1v) is 12.1. The van der Waals surface area contributed by atoms with Gasteiger partial charge >= 0.3 is 0 Å². The minimum Gasteiger partial charge on any atom is -0.490 e. The van der Waals surface area contributed by atoms with Gasteiger partial charge in [-0.05, 0) is 61.2 Å². The lowest BCUT2D eigenvalue weighted by molar-refractivity contribution is 0.0927. The molecule has 0 bridgehead atoms. The molecule has 5 rings (SSSR count). The molecule has 178 valence electrons. The molecule has 2 aromatic heterocycles. The van der Waals surface area contributed by atoms with E-state index in [-0.39, 0.29) is 18.1 Å². The van der Waals surface area contributed by atoms with E-state index in [2.05, 4.69) is 37.5 Å². The fourth-order valence-electron chi connectivity index (χ4n) is 4.85. The Hall–Kier alpha value is -3.99. The number of nitrogens with one attached hydrogen (secondary N) is 1. The minimum atomic E-state index is -0.191. The van der Waals surface area contributed by atoms with Gasteiger partial charge in [0.1, 0.15) is 11.9 Å². The first-order chi connectivity index (χ1) is 17.1. The Morgan fingerprint density at radius 2 is 2.00 bits per heavy atom. The summed E-state index contributed by atoms with van der Waals surface area (Å²) in [5.41, 5.74) is 4.20. The van der Waals surface area contributed by atoms with Crippen LogP contribution < -0.4 is 15.0 Å². The van der Waals surface area contributed by atoms with Gasteiger partial charge in [0.05, 0.1) is 11.6 Å². The summed E-state index contributed by atoms with van der Waals surface area (Å²) in [7, 11) is 0. The number of hydrogen-bond acceptors (Lipinski definition) is 7. The Bertz CT molecular complexity index is 1260. The molecule has 0 spiro atoms. The van der Waals surface area contributed by atoms with Crippen molar-refractivity contribution in [3.63, 3.8) is 0 Å². The molecule has 3 heterocycles. The molecule has 1 amide bonds. The zero-order chi connectivity index (χ0) is 24.2. The number of hydrogen-bond donors (Lipinski definition) is 1. The van der Waals surface area contributed by atoms with Gasteiger partial charge in [-0.1, -0.05) is 12.1 Å². The standard InChI is InChI=1S/C27H28N6O2/c1-18-14-25(27(34)30-21-8-7-20-5-3-11-29-24(20)16-21)31-32-26(18)33-12-9-22(10-13-33)35-23-6-2-4-19(15-23)17-28/h2-6,11,14-15,21-22H,7-10,12-13,16H2,1H3,(H,30,34)/t21-/m0/s1. The topological polar surface area (TPSA) is 104 Å². The monoisotopic (exact) mass is 468 g/mol. The highest BCUT2D eigenvalue weighted by molar-refractivity contribution is 5.92. The van der Waals surface area contributed by atoms with E-state index >= 15 is 0 Å².